The van der Waals surface area contributed by atoms with Crippen LogP contribution in [0.5, 0.6) is 0 Å². The molecular weight excluding hydrogens is 289 g/mol. The molecule has 2 saturated carbocycles. The third kappa shape index (κ3) is 3.41. The molecule has 1 aromatic rings. The molecule has 0 aromatic heterocycles. The summed E-state index contributed by atoms with van der Waals surface area (Å²) in [7, 11) is 1.72. The van der Waals surface area contributed by atoms with Crippen LogP contribution in [0.2, 0.25) is 5.02 Å². The van der Waals surface area contributed by atoms with Gasteiger partial charge in [-0.2, -0.15) is 0 Å². The molecule has 0 aliphatic heterocycles. The zero-order chi connectivity index (χ0) is 14.9. The van der Waals surface area contributed by atoms with E-state index < -0.39 is 0 Å². The van der Waals surface area contributed by atoms with Gasteiger partial charge in [0, 0.05) is 20.2 Å². The van der Waals surface area contributed by atoms with Crippen LogP contribution >= 0.6 is 11.6 Å². The van der Waals surface area contributed by atoms with Gasteiger partial charge >= 0.3 is 0 Å². The van der Waals surface area contributed by atoms with Gasteiger partial charge in [-0.3, -0.25) is 0 Å². The predicted molar refractivity (Wildman–Crippen MR) is 83.1 cm³/mol. The van der Waals surface area contributed by atoms with Crippen molar-refractivity contribution in [2.45, 2.75) is 25.7 Å². The number of hydrogen-bond acceptors (Lipinski definition) is 2. The maximum Gasteiger partial charge on any atom is 0.142 e. The molecule has 2 aliphatic rings. The molecule has 0 radical (unpaired) electrons. The molecule has 0 amide bonds. The Morgan fingerprint density at radius 3 is 2.86 bits per heavy atom. The summed E-state index contributed by atoms with van der Waals surface area (Å²) in [5.41, 5.74) is 1.19. The van der Waals surface area contributed by atoms with E-state index in [1.54, 1.807) is 13.2 Å². The lowest BCUT2D eigenvalue weighted by Gasteiger charge is -2.32. The van der Waals surface area contributed by atoms with E-state index in [0.29, 0.717) is 5.02 Å². The van der Waals surface area contributed by atoms with Crippen molar-refractivity contribution in [3.8, 4) is 0 Å². The topological polar surface area (TPSA) is 21.3 Å². The van der Waals surface area contributed by atoms with Crippen molar-refractivity contribution < 1.29 is 9.13 Å². The molecule has 4 heteroatoms. The molecule has 21 heavy (non-hydrogen) atoms. The van der Waals surface area contributed by atoms with E-state index in [-0.39, 0.29) is 11.2 Å². The molecule has 0 heterocycles. The lowest BCUT2D eigenvalue weighted by atomic mass is 9.77. The Hall–Kier alpha value is -0.640. The van der Waals surface area contributed by atoms with Gasteiger partial charge in [0.05, 0.1) is 11.6 Å². The lowest BCUT2D eigenvalue weighted by Crippen LogP contribution is -2.36. The number of rotatable bonds is 7. The van der Waals surface area contributed by atoms with E-state index >= 15 is 0 Å². The van der Waals surface area contributed by atoms with Crippen LogP contribution in [0, 0.1) is 23.1 Å². The van der Waals surface area contributed by atoms with Crippen molar-refractivity contribution in [1.82, 2.24) is 5.32 Å². The number of hydrogen-bond donors (Lipinski definition) is 1. The molecule has 0 spiro atoms. The average molecular weight is 312 g/mol. The molecular formula is C17H23ClFNO. The summed E-state index contributed by atoms with van der Waals surface area (Å²) in [6.07, 6.45) is 4.74. The molecule has 116 valence electrons. The molecule has 2 fully saturated rings. The van der Waals surface area contributed by atoms with Crippen LogP contribution < -0.4 is 5.32 Å². The lowest BCUT2D eigenvalue weighted by molar-refractivity contribution is 0.186. The molecule has 0 saturated heterocycles. The summed E-state index contributed by atoms with van der Waals surface area (Å²) < 4.78 is 18.7. The Bertz CT molecular complexity index is 498. The Balaban J connectivity index is 1.69. The van der Waals surface area contributed by atoms with E-state index in [1.165, 1.54) is 25.3 Å². The highest BCUT2D eigenvalue weighted by Crippen LogP contribution is 2.60. The van der Waals surface area contributed by atoms with E-state index in [1.807, 2.05) is 6.07 Å². The van der Waals surface area contributed by atoms with Gasteiger partial charge in [0.15, 0.2) is 0 Å². The molecule has 3 rings (SSSR count). The summed E-state index contributed by atoms with van der Waals surface area (Å²) in [4.78, 5) is 0. The monoisotopic (exact) mass is 311 g/mol. The van der Waals surface area contributed by atoms with Crippen LogP contribution in [0.4, 0.5) is 4.39 Å². The van der Waals surface area contributed by atoms with Gasteiger partial charge in [-0.25, -0.2) is 4.39 Å². The first-order valence-electron chi connectivity index (χ1n) is 7.76. The van der Waals surface area contributed by atoms with Gasteiger partial charge in [-0.15, -0.1) is 0 Å². The Kier molecular flexibility index (Phi) is 4.53. The average Bonchev–Trinajstić information content (AvgIpc) is 3.08. The summed E-state index contributed by atoms with van der Waals surface area (Å²) in [5.74, 6) is 1.47. The first-order chi connectivity index (χ1) is 10.1. The van der Waals surface area contributed by atoms with Gasteiger partial charge in [0.25, 0.3) is 0 Å². The second-order valence-corrected chi connectivity index (χ2v) is 7.10. The van der Waals surface area contributed by atoms with Crippen molar-refractivity contribution in [1.29, 1.82) is 0 Å². The molecule has 2 aliphatic carbocycles. The molecule has 1 N–H and O–H groups in total. The van der Waals surface area contributed by atoms with Gasteiger partial charge < -0.3 is 10.1 Å². The number of ether oxygens (including phenoxy) is 1. The summed E-state index contributed by atoms with van der Waals surface area (Å²) in [5, 5.41) is 3.80. The van der Waals surface area contributed by atoms with Gasteiger partial charge in [0.2, 0.25) is 0 Å². The first-order valence-corrected chi connectivity index (χ1v) is 8.14. The second-order valence-electron chi connectivity index (χ2n) is 6.72. The molecule has 2 atom stereocenters. The SMILES string of the molecule is COCCNCC1(Cc2cccc(F)c2Cl)CC2CC2C1. The smallest absolute Gasteiger partial charge is 0.142 e. The zero-order valence-electron chi connectivity index (χ0n) is 12.5. The Labute approximate surface area is 131 Å². The molecule has 2 unspecified atom stereocenters. The third-order valence-electron chi connectivity index (χ3n) is 5.04. The second kappa shape index (κ2) is 6.23. The highest BCUT2D eigenvalue weighted by molar-refractivity contribution is 6.31. The zero-order valence-corrected chi connectivity index (χ0v) is 13.3. The summed E-state index contributed by atoms with van der Waals surface area (Å²) >= 11 is 6.15. The number of fused-ring (bicyclic) bond motifs is 1. The first kappa shape index (κ1) is 15.3. The Morgan fingerprint density at radius 1 is 1.38 bits per heavy atom. The van der Waals surface area contributed by atoms with Crippen LogP contribution in [-0.2, 0) is 11.2 Å². The minimum atomic E-state index is -0.306. The number of nitrogens with one attached hydrogen (secondary N) is 1. The number of methoxy groups -OCH3 is 1. The molecule has 1 aromatic carbocycles. The Morgan fingerprint density at radius 2 is 2.14 bits per heavy atom. The summed E-state index contributed by atoms with van der Waals surface area (Å²) in [6, 6.07) is 5.16. The third-order valence-corrected chi connectivity index (χ3v) is 5.46. The quantitative estimate of drug-likeness (QED) is 0.776. The van der Waals surface area contributed by atoms with Crippen molar-refractivity contribution >= 4 is 11.6 Å². The van der Waals surface area contributed by atoms with Crippen LogP contribution in [0.15, 0.2) is 18.2 Å². The van der Waals surface area contributed by atoms with Crippen molar-refractivity contribution in [3.63, 3.8) is 0 Å². The van der Waals surface area contributed by atoms with E-state index in [2.05, 4.69) is 5.32 Å². The number of halogens is 2. The minimum absolute atomic E-state index is 0.235. The van der Waals surface area contributed by atoms with Crippen molar-refractivity contribution in [3.05, 3.63) is 34.6 Å². The highest BCUT2D eigenvalue weighted by atomic mass is 35.5. The van der Waals surface area contributed by atoms with Gasteiger partial charge in [0.1, 0.15) is 5.82 Å². The van der Waals surface area contributed by atoms with E-state index in [0.717, 1.165) is 43.5 Å². The molecule has 2 nitrogen and oxygen atoms in total. The largest absolute Gasteiger partial charge is 0.383 e. The fourth-order valence-electron chi connectivity index (χ4n) is 3.97. The summed E-state index contributed by atoms with van der Waals surface area (Å²) in [6.45, 7) is 2.56. The standard InChI is InChI=1S/C17H23ClFNO/c1-21-6-5-20-11-17(9-13-7-14(13)10-17)8-12-3-2-4-15(19)16(12)18/h2-4,13-14,20H,5-11H2,1H3. The highest BCUT2D eigenvalue weighted by Gasteiger charge is 2.53. The van der Waals surface area contributed by atoms with Crippen molar-refractivity contribution in [2.24, 2.45) is 17.3 Å². The van der Waals surface area contributed by atoms with Crippen molar-refractivity contribution in [2.75, 3.05) is 26.8 Å². The molecule has 0 bridgehead atoms. The minimum Gasteiger partial charge on any atom is -0.383 e. The van der Waals surface area contributed by atoms with Crippen LogP contribution in [0.1, 0.15) is 24.8 Å². The van der Waals surface area contributed by atoms with Crippen LogP contribution in [0.3, 0.4) is 0 Å². The fraction of sp³-hybridized carbons (Fsp3) is 0.647. The maximum atomic E-state index is 13.7. The maximum absolute atomic E-state index is 13.7. The van der Waals surface area contributed by atoms with E-state index in [4.69, 9.17) is 16.3 Å². The normalized spacial score (nSPS) is 30.4. The van der Waals surface area contributed by atoms with Crippen LogP contribution in [0.25, 0.3) is 0 Å². The predicted octanol–water partition coefficient (Wildman–Crippen LogP) is 3.67. The fourth-order valence-corrected chi connectivity index (χ4v) is 4.17. The van der Waals surface area contributed by atoms with E-state index in [9.17, 15) is 4.39 Å². The van der Waals surface area contributed by atoms with Gasteiger partial charge in [-0.1, -0.05) is 23.7 Å². The number of benzene rings is 1. The van der Waals surface area contributed by atoms with Gasteiger partial charge in [-0.05, 0) is 54.6 Å². The van der Waals surface area contributed by atoms with Crippen LogP contribution in [-0.4, -0.2) is 26.8 Å².